The summed E-state index contributed by atoms with van der Waals surface area (Å²) in [7, 11) is 1.42. The van der Waals surface area contributed by atoms with E-state index in [0.717, 1.165) is 17.7 Å². The molecule has 0 aliphatic carbocycles. The fourth-order valence-electron chi connectivity index (χ4n) is 2.68. The Morgan fingerprint density at radius 3 is 3.10 bits per heavy atom. The maximum absolute atomic E-state index is 12.0. The van der Waals surface area contributed by atoms with Crippen molar-refractivity contribution in [1.82, 2.24) is 9.88 Å². The molecule has 3 rings (SSSR count). The van der Waals surface area contributed by atoms with Crippen LogP contribution in [0.25, 0.3) is 0 Å². The minimum atomic E-state index is -0.296. The van der Waals surface area contributed by atoms with E-state index >= 15 is 0 Å². The van der Waals surface area contributed by atoms with Crippen molar-refractivity contribution in [3.8, 4) is 0 Å². The van der Waals surface area contributed by atoms with Gasteiger partial charge in [-0.3, -0.25) is 4.90 Å². The predicted octanol–water partition coefficient (Wildman–Crippen LogP) is 3.17. The van der Waals surface area contributed by atoms with Crippen LogP contribution in [0.1, 0.15) is 27.7 Å². The van der Waals surface area contributed by atoms with Crippen LogP contribution >= 0.6 is 11.3 Å². The largest absolute Gasteiger partial charge is 0.453 e. The van der Waals surface area contributed by atoms with Gasteiger partial charge in [0.2, 0.25) is 0 Å². The number of thiazole rings is 1. The summed E-state index contributed by atoms with van der Waals surface area (Å²) in [5, 5.41) is 0. The lowest BCUT2D eigenvalue weighted by Crippen LogP contribution is -2.40. The molecule has 1 atom stereocenters. The molecule has 0 saturated carbocycles. The number of ether oxygens (including phenoxy) is 1. The fraction of sp³-hybridized carbons (Fsp3) is 0.333. The minimum Gasteiger partial charge on any atom is -0.453 e. The molecular weight excluding hydrogens is 272 g/mol. The monoisotopic (exact) mass is 288 g/mol. The predicted molar refractivity (Wildman–Crippen MR) is 78.0 cm³/mol. The number of fused-ring (bicyclic) bond motifs is 1. The van der Waals surface area contributed by atoms with Gasteiger partial charge in [0.05, 0.1) is 18.3 Å². The molecule has 0 saturated heterocycles. The van der Waals surface area contributed by atoms with Gasteiger partial charge in [-0.2, -0.15) is 0 Å². The second kappa shape index (κ2) is 5.25. The highest BCUT2D eigenvalue weighted by molar-refractivity contribution is 7.09. The topological polar surface area (TPSA) is 42.4 Å². The normalized spacial score (nSPS) is 17.7. The summed E-state index contributed by atoms with van der Waals surface area (Å²) in [6, 6.07) is 8.08. The van der Waals surface area contributed by atoms with E-state index in [4.69, 9.17) is 4.74 Å². The Morgan fingerprint density at radius 1 is 1.50 bits per heavy atom. The van der Waals surface area contributed by atoms with E-state index in [1.807, 2.05) is 17.6 Å². The second-order valence-corrected chi connectivity index (χ2v) is 5.83. The summed E-state index contributed by atoms with van der Waals surface area (Å²) >= 11 is 1.66. The van der Waals surface area contributed by atoms with Crippen molar-refractivity contribution >= 4 is 17.4 Å². The Labute approximate surface area is 122 Å². The number of hydrogen-bond donors (Lipinski definition) is 0. The molecule has 0 fully saturated rings. The van der Waals surface area contributed by atoms with E-state index in [-0.39, 0.29) is 12.1 Å². The zero-order valence-electron chi connectivity index (χ0n) is 11.5. The van der Waals surface area contributed by atoms with E-state index < -0.39 is 0 Å². The summed E-state index contributed by atoms with van der Waals surface area (Å²) in [4.78, 5) is 19.5. The Balaban J connectivity index is 2.09. The van der Waals surface area contributed by atoms with Crippen LogP contribution in [-0.4, -0.2) is 29.6 Å². The van der Waals surface area contributed by atoms with Crippen LogP contribution in [0.3, 0.4) is 0 Å². The van der Waals surface area contributed by atoms with Crippen LogP contribution in [-0.2, 0) is 11.2 Å². The molecule has 4 nitrogen and oxygen atoms in total. The number of carbonyl (C=O) groups excluding carboxylic acids is 1. The van der Waals surface area contributed by atoms with Crippen LogP contribution in [0.5, 0.6) is 0 Å². The number of aromatic nitrogens is 1. The Bertz CT molecular complexity index is 638. The maximum atomic E-state index is 12.0. The molecule has 0 bridgehead atoms. The van der Waals surface area contributed by atoms with Gasteiger partial charge in [0.15, 0.2) is 0 Å². The van der Waals surface area contributed by atoms with Crippen molar-refractivity contribution in [3.05, 3.63) is 51.5 Å². The molecule has 1 amide bonds. The maximum Gasteiger partial charge on any atom is 0.410 e. The van der Waals surface area contributed by atoms with Crippen molar-refractivity contribution in [2.45, 2.75) is 19.4 Å². The number of rotatable bonds is 1. The molecule has 2 aromatic rings. The molecule has 20 heavy (non-hydrogen) atoms. The van der Waals surface area contributed by atoms with E-state index in [9.17, 15) is 4.79 Å². The van der Waals surface area contributed by atoms with E-state index in [1.54, 1.807) is 16.2 Å². The summed E-state index contributed by atoms with van der Waals surface area (Å²) in [6.45, 7) is 2.72. The molecule has 0 N–H and O–H groups in total. The van der Waals surface area contributed by atoms with Gasteiger partial charge in [-0.1, -0.05) is 29.8 Å². The highest BCUT2D eigenvalue weighted by Crippen LogP contribution is 2.36. The summed E-state index contributed by atoms with van der Waals surface area (Å²) in [5.74, 6) is 0. The van der Waals surface area contributed by atoms with Gasteiger partial charge in [-0.15, -0.1) is 11.3 Å². The first-order valence-electron chi connectivity index (χ1n) is 6.54. The van der Waals surface area contributed by atoms with E-state index in [0.29, 0.717) is 6.54 Å². The Hall–Kier alpha value is -1.88. The first kappa shape index (κ1) is 13.1. The number of nitrogens with zero attached hydrogens (tertiary/aromatic N) is 2. The summed E-state index contributed by atoms with van der Waals surface area (Å²) < 4.78 is 4.93. The Kier molecular flexibility index (Phi) is 3.44. The molecule has 1 aromatic carbocycles. The van der Waals surface area contributed by atoms with Crippen molar-refractivity contribution in [1.29, 1.82) is 0 Å². The molecule has 2 heterocycles. The van der Waals surface area contributed by atoms with Crippen LogP contribution in [0.15, 0.2) is 29.8 Å². The van der Waals surface area contributed by atoms with E-state index in [1.165, 1.54) is 17.6 Å². The molecule has 1 aromatic heterocycles. The zero-order valence-corrected chi connectivity index (χ0v) is 12.3. The lowest BCUT2D eigenvalue weighted by atomic mass is 9.96. The van der Waals surface area contributed by atoms with Crippen molar-refractivity contribution in [2.75, 3.05) is 13.7 Å². The van der Waals surface area contributed by atoms with Gasteiger partial charge < -0.3 is 4.74 Å². The van der Waals surface area contributed by atoms with Gasteiger partial charge in [0.25, 0.3) is 0 Å². The molecule has 1 aliphatic heterocycles. The highest BCUT2D eigenvalue weighted by atomic mass is 32.1. The van der Waals surface area contributed by atoms with Crippen molar-refractivity contribution < 1.29 is 9.53 Å². The SMILES string of the molecule is COC(=O)N1CCc2scnc2C1c1cccc(C)c1. The standard InChI is InChI=1S/C15H16N2O2S/c1-10-4-3-5-11(8-10)14-13-12(20-9-16-13)6-7-17(14)15(18)19-2/h3-5,8-9,14H,6-7H2,1-2H3. The molecule has 0 radical (unpaired) electrons. The lowest BCUT2D eigenvalue weighted by molar-refractivity contribution is 0.108. The third-order valence-corrected chi connectivity index (χ3v) is 4.50. The van der Waals surface area contributed by atoms with Crippen LogP contribution in [0.2, 0.25) is 0 Å². The smallest absolute Gasteiger partial charge is 0.410 e. The van der Waals surface area contributed by atoms with Gasteiger partial charge in [-0.25, -0.2) is 9.78 Å². The first-order valence-corrected chi connectivity index (χ1v) is 7.42. The van der Waals surface area contributed by atoms with Gasteiger partial charge in [0.1, 0.15) is 6.04 Å². The molecule has 104 valence electrons. The number of methoxy groups -OCH3 is 1. The first-order chi connectivity index (χ1) is 9.70. The quantitative estimate of drug-likeness (QED) is 0.809. The third-order valence-electron chi connectivity index (χ3n) is 3.59. The number of hydrogen-bond acceptors (Lipinski definition) is 4. The van der Waals surface area contributed by atoms with Crippen LogP contribution < -0.4 is 0 Å². The van der Waals surface area contributed by atoms with E-state index in [2.05, 4.69) is 24.0 Å². The number of amides is 1. The fourth-order valence-corrected chi connectivity index (χ4v) is 3.47. The molecule has 1 aliphatic rings. The average Bonchev–Trinajstić information content (AvgIpc) is 2.93. The molecular formula is C15H16N2O2S. The third kappa shape index (κ3) is 2.18. The lowest BCUT2D eigenvalue weighted by Gasteiger charge is -2.34. The van der Waals surface area contributed by atoms with Gasteiger partial charge in [0, 0.05) is 17.8 Å². The number of carbonyl (C=O) groups is 1. The summed E-state index contributed by atoms with van der Waals surface area (Å²) in [5.41, 5.74) is 5.10. The van der Waals surface area contributed by atoms with Crippen LogP contribution in [0.4, 0.5) is 4.79 Å². The van der Waals surface area contributed by atoms with Crippen molar-refractivity contribution in [2.24, 2.45) is 0 Å². The second-order valence-electron chi connectivity index (χ2n) is 4.89. The molecule has 0 spiro atoms. The van der Waals surface area contributed by atoms with Gasteiger partial charge in [-0.05, 0) is 12.5 Å². The Morgan fingerprint density at radius 2 is 2.35 bits per heavy atom. The minimum absolute atomic E-state index is 0.141. The van der Waals surface area contributed by atoms with Gasteiger partial charge >= 0.3 is 6.09 Å². The average molecular weight is 288 g/mol. The zero-order chi connectivity index (χ0) is 14.1. The van der Waals surface area contributed by atoms with Crippen molar-refractivity contribution in [3.63, 3.8) is 0 Å². The summed E-state index contributed by atoms with van der Waals surface area (Å²) in [6.07, 6.45) is 0.549. The van der Waals surface area contributed by atoms with Crippen LogP contribution in [0, 0.1) is 6.92 Å². The highest BCUT2D eigenvalue weighted by Gasteiger charge is 2.34. The number of aryl methyl sites for hydroxylation is 1. The molecule has 5 heteroatoms. The number of benzene rings is 1. The molecule has 1 unspecified atom stereocenters.